The Morgan fingerprint density at radius 1 is 1.02 bits per heavy atom. The van der Waals surface area contributed by atoms with E-state index in [9.17, 15) is 36.0 Å². The molecule has 1 aliphatic carbocycles. The van der Waals surface area contributed by atoms with Gasteiger partial charge in [-0.1, -0.05) is 32.8 Å². The number of carbonyl (C=O) groups is 3. The lowest BCUT2D eigenvalue weighted by atomic mass is 9.99. The topological polar surface area (TPSA) is 144 Å². The van der Waals surface area contributed by atoms with Gasteiger partial charge in [0, 0.05) is 37.3 Å². The van der Waals surface area contributed by atoms with Gasteiger partial charge in [-0.15, -0.1) is 0 Å². The van der Waals surface area contributed by atoms with Crippen molar-refractivity contribution in [3.05, 3.63) is 42.0 Å². The van der Waals surface area contributed by atoms with E-state index in [4.69, 9.17) is 10.2 Å². The normalized spacial score (nSPS) is 17.9. The zero-order valence-corrected chi connectivity index (χ0v) is 24.8. The number of piperidine rings is 1. The number of carboxylic acid groups (broad SMARTS) is 2. The Hall–Kier alpha value is -2.97. The van der Waals surface area contributed by atoms with E-state index < -0.39 is 33.7 Å². The highest BCUT2D eigenvalue weighted by atomic mass is 32.2. The number of benzene rings is 1. The van der Waals surface area contributed by atoms with E-state index in [0.29, 0.717) is 63.3 Å². The SMILES string of the molecule is CN[C@@H](CC(C)C)C(=O)N1CCC(N(C2CCCC2)S(=O)(=O)c2cccc(C(F)(F)F)c2)CC1.O=C(O)/C=C/C(=O)O. The first-order valence-electron chi connectivity index (χ1n) is 13.9. The van der Waals surface area contributed by atoms with Crippen molar-refractivity contribution in [1.29, 1.82) is 0 Å². The number of nitrogens with zero attached hydrogens (tertiary/aromatic N) is 2. The van der Waals surface area contributed by atoms with Crippen molar-refractivity contribution in [3.8, 4) is 0 Å². The van der Waals surface area contributed by atoms with Crippen LogP contribution >= 0.6 is 0 Å². The molecule has 0 spiro atoms. The molecule has 1 aliphatic heterocycles. The summed E-state index contributed by atoms with van der Waals surface area (Å²) < 4.78 is 68.5. The van der Waals surface area contributed by atoms with Crippen molar-refractivity contribution in [3.63, 3.8) is 0 Å². The fourth-order valence-corrected chi connectivity index (χ4v) is 7.30. The summed E-state index contributed by atoms with van der Waals surface area (Å²) >= 11 is 0. The van der Waals surface area contributed by atoms with Crippen molar-refractivity contribution < 1.29 is 46.2 Å². The molecule has 14 heteroatoms. The molecule has 1 heterocycles. The predicted molar refractivity (Wildman–Crippen MR) is 149 cm³/mol. The molecule has 10 nitrogen and oxygen atoms in total. The van der Waals surface area contributed by atoms with Crippen molar-refractivity contribution in [2.75, 3.05) is 20.1 Å². The second-order valence-corrected chi connectivity index (χ2v) is 12.7. The Bertz CT molecular complexity index is 1190. The van der Waals surface area contributed by atoms with Gasteiger partial charge in [0.25, 0.3) is 0 Å². The van der Waals surface area contributed by atoms with Gasteiger partial charge in [-0.3, -0.25) is 4.79 Å². The van der Waals surface area contributed by atoms with Crippen molar-refractivity contribution >= 4 is 27.9 Å². The van der Waals surface area contributed by atoms with Gasteiger partial charge in [0.15, 0.2) is 0 Å². The van der Waals surface area contributed by atoms with E-state index in [1.54, 1.807) is 11.9 Å². The van der Waals surface area contributed by atoms with Crippen LogP contribution in [0.2, 0.25) is 0 Å². The number of likely N-dealkylation sites (N-methyl/N-ethyl adjacent to an activating group) is 1. The van der Waals surface area contributed by atoms with E-state index in [1.807, 2.05) is 0 Å². The second kappa shape index (κ2) is 15.5. The zero-order valence-electron chi connectivity index (χ0n) is 24.0. The summed E-state index contributed by atoms with van der Waals surface area (Å²) in [6, 6.07) is 3.17. The van der Waals surface area contributed by atoms with E-state index in [-0.39, 0.29) is 28.9 Å². The van der Waals surface area contributed by atoms with Gasteiger partial charge in [-0.25, -0.2) is 18.0 Å². The summed E-state index contributed by atoms with van der Waals surface area (Å²) in [6.07, 6.45) is 1.36. The number of amides is 1. The van der Waals surface area contributed by atoms with Crippen molar-refractivity contribution in [2.24, 2.45) is 5.92 Å². The van der Waals surface area contributed by atoms with Crippen LogP contribution in [0.25, 0.3) is 0 Å². The number of rotatable bonds is 10. The third kappa shape index (κ3) is 10.1. The first-order valence-corrected chi connectivity index (χ1v) is 15.3. The van der Waals surface area contributed by atoms with E-state index >= 15 is 0 Å². The third-order valence-electron chi connectivity index (χ3n) is 7.28. The number of carbonyl (C=O) groups excluding carboxylic acids is 1. The van der Waals surface area contributed by atoms with Gasteiger partial charge >= 0.3 is 18.1 Å². The molecule has 1 saturated carbocycles. The number of carboxylic acids is 2. The molecule has 1 amide bonds. The number of hydrogen-bond acceptors (Lipinski definition) is 6. The summed E-state index contributed by atoms with van der Waals surface area (Å²) in [5, 5.41) is 18.7. The molecule has 3 N–H and O–H groups in total. The number of sulfonamides is 1. The highest BCUT2D eigenvalue weighted by molar-refractivity contribution is 7.89. The van der Waals surface area contributed by atoms with Crippen LogP contribution in [0.3, 0.4) is 0 Å². The van der Waals surface area contributed by atoms with Crippen molar-refractivity contribution in [1.82, 2.24) is 14.5 Å². The molecule has 0 radical (unpaired) electrons. The number of hydrogen-bond donors (Lipinski definition) is 3. The minimum Gasteiger partial charge on any atom is -0.478 e. The summed E-state index contributed by atoms with van der Waals surface area (Å²) in [7, 11) is -2.36. The van der Waals surface area contributed by atoms with Gasteiger partial charge in [0.05, 0.1) is 16.5 Å². The zero-order chi connectivity index (χ0) is 31.7. The molecule has 0 bridgehead atoms. The summed E-state index contributed by atoms with van der Waals surface area (Å²) in [5.74, 6) is -2.14. The van der Waals surface area contributed by atoms with Gasteiger partial charge < -0.3 is 20.4 Å². The fraction of sp³-hybridized carbons (Fsp3) is 0.607. The van der Waals surface area contributed by atoms with Crippen LogP contribution in [0, 0.1) is 5.92 Å². The first kappa shape index (κ1) is 35.2. The molecular formula is C28H40F3N3O7S. The fourth-order valence-electron chi connectivity index (χ4n) is 5.32. The highest BCUT2D eigenvalue weighted by Crippen LogP contribution is 2.36. The van der Waals surface area contributed by atoms with Crippen LogP contribution in [0.5, 0.6) is 0 Å². The molecule has 1 aromatic rings. The third-order valence-corrected chi connectivity index (χ3v) is 9.28. The summed E-state index contributed by atoms with van der Waals surface area (Å²) in [4.78, 5) is 33.5. The quantitative estimate of drug-likeness (QED) is 0.334. The lowest BCUT2D eigenvalue weighted by Gasteiger charge is -2.41. The number of likely N-dealkylation sites (tertiary alicyclic amines) is 1. The minimum absolute atomic E-state index is 0.0165. The van der Waals surface area contributed by atoms with Gasteiger partial charge in [-0.05, 0) is 63.3 Å². The maximum absolute atomic E-state index is 13.7. The number of halogens is 3. The maximum atomic E-state index is 13.7. The lowest BCUT2D eigenvalue weighted by Crippen LogP contribution is -2.54. The molecule has 1 aromatic carbocycles. The van der Waals surface area contributed by atoms with E-state index in [1.165, 1.54) is 10.4 Å². The molecule has 2 fully saturated rings. The molecule has 2 aliphatic rings. The van der Waals surface area contributed by atoms with Crippen LogP contribution in [-0.4, -0.2) is 83.9 Å². The van der Waals surface area contributed by atoms with Gasteiger partial charge in [0.2, 0.25) is 15.9 Å². The number of nitrogens with one attached hydrogen (secondary N) is 1. The standard InChI is InChI=1S/C24H36F3N3O3S.C4H4O4/c1-17(2)15-22(28-3)23(31)29-13-11-20(12-14-29)30(19-8-4-5-9-19)34(32,33)21-10-6-7-18(16-21)24(25,26)27;5-3(6)1-2-4(7)8/h6-7,10,16-17,19-20,22,28H,4-5,8-9,11-15H2,1-3H3;1-2H,(H,5,6)(H,7,8)/b;2-1+/t22-;/m0./s1. The Morgan fingerprint density at radius 2 is 1.55 bits per heavy atom. The highest BCUT2D eigenvalue weighted by Gasteiger charge is 2.41. The van der Waals surface area contributed by atoms with Crippen LogP contribution < -0.4 is 5.32 Å². The van der Waals surface area contributed by atoms with Crippen LogP contribution in [0.4, 0.5) is 13.2 Å². The number of aliphatic carboxylic acids is 2. The number of alkyl halides is 3. The van der Waals surface area contributed by atoms with Crippen molar-refractivity contribution in [2.45, 2.75) is 88.0 Å². The van der Waals surface area contributed by atoms with E-state index in [0.717, 1.165) is 31.0 Å². The minimum atomic E-state index is -4.62. The summed E-state index contributed by atoms with van der Waals surface area (Å²) in [5.41, 5.74) is -0.969. The Morgan fingerprint density at radius 3 is 2.00 bits per heavy atom. The molecule has 236 valence electrons. The molecular weight excluding hydrogens is 579 g/mol. The molecule has 0 unspecified atom stereocenters. The Labute approximate surface area is 244 Å². The van der Waals surface area contributed by atoms with E-state index in [2.05, 4.69) is 19.2 Å². The smallest absolute Gasteiger partial charge is 0.416 e. The predicted octanol–water partition coefficient (Wildman–Crippen LogP) is 3.98. The van der Waals surface area contributed by atoms with Crippen LogP contribution in [0.15, 0.2) is 41.3 Å². The molecule has 0 aromatic heterocycles. The van der Waals surface area contributed by atoms with Crippen LogP contribution in [0.1, 0.15) is 64.4 Å². The summed E-state index contributed by atoms with van der Waals surface area (Å²) in [6.45, 7) is 4.98. The maximum Gasteiger partial charge on any atom is 0.416 e. The largest absolute Gasteiger partial charge is 0.478 e. The first-order chi connectivity index (χ1) is 19.6. The molecule has 3 rings (SSSR count). The second-order valence-electron chi connectivity index (χ2n) is 10.8. The molecule has 1 saturated heterocycles. The molecule has 42 heavy (non-hydrogen) atoms. The average Bonchev–Trinajstić information content (AvgIpc) is 3.44. The lowest BCUT2D eigenvalue weighted by molar-refractivity contribution is -0.138. The van der Waals surface area contributed by atoms with Gasteiger partial charge in [-0.2, -0.15) is 17.5 Å². The Balaban J connectivity index is 0.000000675. The van der Waals surface area contributed by atoms with Gasteiger partial charge in [0.1, 0.15) is 0 Å². The Kier molecular flexibility index (Phi) is 13.0. The monoisotopic (exact) mass is 619 g/mol. The average molecular weight is 620 g/mol. The molecule has 1 atom stereocenters. The van der Waals surface area contributed by atoms with Crippen LogP contribution in [-0.2, 0) is 30.6 Å².